The number of esters is 1. The second kappa shape index (κ2) is 5.13. The topological polar surface area (TPSA) is 43.4 Å². The zero-order valence-electron chi connectivity index (χ0n) is 8.75. The van der Waals surface area contributed by atoms with Gasteiger partial charge in [-0.15, -0.1) is 0 Å². The van der Waals surface area contributed by atoms with Crippen molar-refractivity contribution < 1.29 is 14.3 Å². The Morgan fingerprint density at radius 1 is 1.36 bits per heavy atom. The first-order chi connectivity index (χ1) is 6.72. The molecule has 80 valence electrons. The predicted octanol–water partition coefficient (Wildman–Crippen LogP) is 2.09. The van der Waals surface area contributed by atoms with E-state index in [0.29, 0.717) is 6.61 Å². The quantitative estimate of drug-likeness (QED) is 0.513. The Labute approximate surface area is 84.8 Å². The Bertz CT molecular complexity index is 205. The molecule has 1 fully saturated rings. The van der Waals surface area contributed by atoms with E-state index in [9.17, 15) is 9.59 Å². The fourth-order valence-electron chi connectivity index (χ4n) is 2.09. The molecule has 1 aliphatic rings. The van der Waals surface area contributed by atoms with Crippen molar-refractivity contribution in [3.8, 4) is 0 Å². The zero-order chi connectivity index (χ0) is 10.4. The summed E-state index contributed by atoms with van der Waals surface area (Å²) in [5, 5.41) is 0. The summed E-state index contributed by atoms with van der Waals surface area (Å²) in [6, 6.07) is 0. The molecule has 0 spiro atoms. The van der Waals surface area contributed by atoms with Crippen molar-refractivity contribution in [3.63, 3.8) is 0 Å². The minimum absolute atomic E-state index is 0.235. The Balaban J connectivity index is 2.51. The van der Waals surface area contributed by atoms with E-state index >= 15 is 0 Å². The van der Waals surface area contributed by atoms with Crippen LogP contribution in [0.4, 0.5) is 0 Å². The highest BCUT2D eigenvalue weighted by Gasteiger charge is 2.34. The third kappa shape index (κ3) is 2.82. The highest BCUT2D eigenvalue weighted by atomic mass is 16.5. The Kier molecular flexibility index (Phi) is 4.11. The van der Waals surface area contributed by atoms with Gasteiger partial charge in [0.05, 0.1) is 13.0 Å². The summed E-state index contributed by atoms with van der Waals surface area (Å²) in [5.41, 5.74) is -0.412. The van der Waals surface area contributed by atoms with Gasteiger partial charge in [-0.05, 0) is 19.8 Å². The predicted molar refractivity (Wildman–Crippen MR) is 52.8 cm³/mol. The van der Waals surface area contributed by atoms with E-state index < -0.39 is 5.41 Å². The van der Waals surface area contributed by atoms with E-state index in [0.717, 1.165) is 32.0 Å². The highest BCUT2D eigenvalue weighted by molar-refractivity contribution is 5.76. The average molecular weight is 198 g/mol. The maximum atomic E-state index is 11.3. The summed E-state index contributed by atoms with van der Waals surface area (Å²) in [7, 11) is 0. The van der Waals surface area contributed by atoms with Crippen LogP contribution in [0.15, 0.2) is 0 Å². The van der Waals surface area contributed by atoms with Crippen LogP contribution in [0.2, 0.25) is 0 Å². The third-order valence-electron chi connectivity index (χ3n) is 2.90. The van der Waals surface area contributed by atoms with E-state index in [4.69, 9.17) is 4.74 Å². The number of ether oxygens (including phenoxy) is 1. The molecule has 0 amide bonds. The summed E-state index contributed by atoms with van der Waals surface area (Å²) in [4.78, 5) is 22.3. The number of carbonyl (C=O) groups excluding carboxylic acids is 2. The summed E-state index contributed by atoms with van der Waals surface area (Å²) >= 11 is 0. The highest BCUT2D eigenvalue weighted by Crippen LogP contribution is 2.37. The van der Waals surface area contributed by atoms with Crippen LogP contribution in [0, 0.1) is 5.41 Å². The van der Waals surface area contributed by atoms with Gasteiger partial charge in [0.15, 0.2) is 0 Å². The van der Waals surface area contributed by atoms with E-state index in [1.54, 1.807) is 6.92 Å². The van der Waals surface area contributed by atoms with Gasteiger partial charge in [0.2, 0.25) is 0 Å². The lowest BCUT2D eigenvalue weighted by molar-refractivity contribution is -0.148. The maximum Gasteiger partial charge on any atom is 0.306 e. The Hall–Kier alpha value is -0.860. The molecule has 1 rings (SSSR count). The molecule has 3 heteroatoms. The second-order valence-corrected chi connectivity index (χ2v) is 4.02. The molecule has 0 unspecified atom stereocenters. The molecule has 3 nitrogen and oxygen atoms in total. The molecule has 1 aliphatic carbocycles. The zero-order valence-corrected chi connectivity index (χ0v) is 8.75. The Morgan fingerprint density at radius 2 is 2.00 bits per heavy atom. The first kappa shape index (κ1) is 11.2. The lowest BCUT2D eigenvalue weighted by Crippen LogP contribution is -2.29. The number of rotatable bonds is 4. The first-order valence-corrected chi connectivity index (χ1v) is 5.34. The van der Waals surface area contributed by atoms with Gasteiger partial charge in [0.25, 0.3) is 0 Å². The minimum Gasteiger partial charge on any atom is -0.466 e. The molecule has 0 bridgehead atoms. The van der Waals surface area contributed by atoms with Crippen molar-refractivity contribution in [2.75, 3.05) is 6.61 Å². The molecule has 0 aliphatic heterocycles. The minimum atomic E-state index is -0.412. The van der Waals surface area contributed by atoms with Crippen molar-refractivity contribution in [3.05, 3.63) is 0 Å². The van der Waals surface area contributed by atoms with E-state index in [1.807, 2.05) is 0 Å². The van der Waals surface area contributed by atoms with Gasteiger partial charge >= 0.3 is 5.97 Å². The lowest BCUT2D eigenvalue weighted by Gasteiger charge is -2.30. The molecular formula is C11H18O3. The molecule has 0 heterocycles. The van der Waals surface area contributed by atoms with E-state index in [-0.39, 0.29) is 12.4 Å². The van der Waals surface area contributed by atoms with Gasteiger partial charge < -0.3 is 9.53 Å². The molecule has 0 aromatic carbocycles. The van der Waals surface area contributed by atoms with Crippen LogP contribution in [0.3, 0.4) is 0 Å². The third-order valence-corrected chi connectivity index (χ3v) is 2.90. The lowest BCUT2D eigenvalue weighted by atomic mass is 9.73. The molecule has 14 heavy (non-hydrogen) atoms. The monoisotopic (exact) mass is 198 g/mol. The Morgan fingerprint density at radius 3 is 2.50 bits per heavy atom. The van der Waals surface area contributed by atoms with Crippen LogP contribution in [0.25, 0.3) is 0 Å². The summed E-state index contributed by atoms with van der Waals surface area (Å²) < 4.78 is 4.87. The average Bonchev–Trinajstić information content (AvgIpc) is 2.19. The van der Waals surface area contributed by atoms with Crippen LogP contribution < -0.4 is 0 Å². The number of hydrogen-bond acceptors (Lipinski definition) is 3. The van der Waals surface area contributed by atoms with Crippen LogP contribution >= 0.6 is 0 Å². The van der Waals surface area contributed by atoms with Crippen molar-refractivity contribution >= 4 is 12.3 Å². The molecular weight excluding hydrogens is 180 g/mol. The summed E-state index contributed by atoms with van der Waals surface area (Å²) in [6.45, 7) is 2.18. The van der Waals surface area contributed by atoms with Gasteiger partial charge in [0.1, 0.15) is 6.29 Å². The molecule has 1 saturated carbocycles. The van der Waals surface area contributed by atoms with Gasteiger partial charge in [-0.3, -0.25) is 4.79 Å². The molecule has 0 N–H and O–H groups in total. The summed E-state index contributed by atoms with van der Waals surface area (Å²) in [6.07, 6.45) is 6.20. The van der Waals surface area contributed by atoms with Crippen LogP contribution in [-0.4, -0.2) is 18.9 Å². The summed E-state index contributed by atoms with van der Waals surface area (Å²) in [5.74, 6) is -0.235. The smallest absolute Gasteiger partial charge is 0.306 e. The van der Waals surface area contributed by atoms with Crippen molar-refractivity contribution in [1.82, 2.24) is 0 Å². The van der Waals surface area contributed by atoms with Crippen molar-refractivity contribution in [1.29, 1.82) is 0 Å². The van der Waals surface area contributed by atoms with E-state index in [1.165, 1.54) is 6.42 Å². The maximum absolute atomic E-state index is 11.3. The number of aldehydes is 1. The molecule has 0 saturated heterocycles. The van der Waals surface area contributed by atoms with Gasteiger partial charge in [-0.25, -0.2) is 0 Å². The van der Waals surface area contributed by atoms with Gasteiger partial charge in [-0.1, -0.05) is 19.3 Å². The molecule has 0 aromatic heterocycles. The fourth-order valence-corrected chi connectivity index (χ4v) is 2.09. The van der Waals surface area contributed by atoms with Crippen LogP contribution in [0.1, 0.15) is 45.4 Å². The normalized spacial score (nSPS) is 20.1. The molecule has 0 atom stereocenters. The van der Waals surface area contributed by atoms with Crippen LogP contribution in [-0.2, 0) is 14.3 Å². The van der Waals surface area contributed by atoms with Crippen LogP contribution in [0.5, 0.6) is 0 Å². The van der Waals surface area contributed by atoms with Gasteiger partial charge in [0, 0.05) is 5.41 Å². The molecule has 0 radical (unpaired) electrons. The number of hydrogen-bond donors (Lipinski definition) is 0. The number of carbonyl (C=O) groups is 2. The second-order valence-electron chi connectivity index (χ2n) is 4.02. The van der Waals surface area contributed by atoms with Crippen molar-refractivity contribution in [2.24, 2.45) is 5.41 Å². The molecule has 0 aromatic rings. The largest absolute Gasteiger partial charge is 0.466 e. The fraction of sp³-hybridized carbons (Fsp3) is 0.818. The van der Waals surface area contributed by atoms with E-state index in [2.05, 4.69) is 0 Å². The first-order valence-electron chi connectivity index (χ1n) is 5.34. The standard InChI is InChI=1S/C11H18O3/c1-2-14-10(13)8-11(9-12)6-4-3-5-7-11/h9H,2-8H2,1H3. The van der Waals surface area contributed by atoms with Gasteiger partial charge in [-0.2, -0.15) is 0 Å². The van der Waals surface area contributed by atoms with Crippen molar-refractivity contribution in [2.45, 2.75) is 45.4 Å². The SMILES string of the molecule is CCOC(=O)CC1(C=O)CCCCC1.